The summed E-state index contributed by atoms with van der Waals surface area (Å²) < 4.78 is 73.1. The number of benzene rings is 6. The molecule has 69 heavy (non-hydrogen) atoms. The minimum Gasteiger partial charge on any atom is -0.497 e. The largest absolute Gasteiger partial charge is 0.497 e. The normalized spacial score (nSPS) is 24.6. The summed E-state index contributed by atoms with van der Waals surface area (Å²) in [6.45, 7) is 5.28. The Kier molecular flexibility index (Phi) is 18.9. The predicted molar refractivity (Wildman–Crippen MR) is 259 cm³/mol. The lowest BCUT2D eigenvalue weighted by atomic mass is 9.96. The first-order valence-corrected chi connectivity index (χ1v) is 23.4. The molecule has 6 aromatic carbocycles. The van der Waals surface area contributed by atoms with Crippen LogP contribution in [0.5, 0.6) is 11.5 Å². The summed E-state index contributed by atoms with van der Waals surface area (Å²) in [7, 11) is 1.62. The molecule has 2 saturated heterocycles. The van der Waals surface area contributed by atoms with Crippen molar-refractivity contribution in [2.24, 2.45) is 0 Å². The third-order valence-corrected chi connectivity index (χ3v) is 11.9. The monoisotopic (exact) mass is 938 g/mol. The SMILES string of the molecule is C=CCO[C@@H]1[C@H](O)[C@H](COCc2ccccc2)O[C@H](O[C@@H]2[C@@H](OCc3ccccc3)[C@H](OCc3ccccc3)[C@@H](Oc3ccc(OC)cc3)O[C@H]2COCc2ccccc2)[C@H]1OCc1ccccc1. The molecule has 362 valence electrons. The molecule has 0 bridgehead atoms. The topological polar surface area (TPSA) is 122 Å². The van der Waals surface area contributed by atoms with Crippen LogP contribution in [0.3, 0.4) is 0 Å². The van der Waals surface area contributed by atoms with Crippen LogP contribution in [0.2, 0.25) is 0 Å². The Hall–Kier alpha value is -5.74. The highest BCUT2D eigenvalue weighted by Gasteiger charge is 2.54. The van der Waals surface area contributed by atoms with E-state index in [-0.39, 0.29) is 39.6 Å². The van der Waals surface area contributed by atoms with Crippen LogP contribution in [0, 0.1) is 0 Å². The van der Waals surface area contributed by atoms with Gasteiger partial charge < -0.3 is 57.2 Å². The molecule has 0 saturated carbocycles. The average Bonchev–Trinajstić information content (AvgIpc) is 3.40. The van der Waals surface area contributed by atoms with Crippen molar-refractivity contribution in [3.8, 4) is 11.5 Å². The van der Waals surface area contributed by atoms with Gasteiger partial charge in [-0.2, -0.15) is 0 Å². The predicted octanol–water partition coefficient (Wildman–Crippen LogP) is 9.03. The molecule has 0 aliphatic carbocycles. The van der Waals surface area contributed by atoms with Crippen molar-refractivity contribution in [1.29, 1.82) is 0 Å². The second-order valence-electron chi connectivity index (χ2n) is 16.8. The Balaban J connectivity index is 1.18. The van der Waals surface area contributed by atoms with Crippen LogP contribution in [0.4, 0.5) is 0 Å². The van der Waals surface area contributed by atoms with Gasteiger partial charge in [0.05, 0.1) is 60.0 Å². The molecule has 0 spiro atoms. The van der Waals surface area contributed by atoms with Crippen molar-refractivity contribution < 1.29 is 57.2 Å². The number of aliphatic hydroxyl groups excluding tert-OH is 1. The number of ether oxygens (including phenoxy) is 11. The summed E-state index contributed by atoms with van der Waals surface area (Å²) in [6, 6.07) is 56.6. The summed E-state index contributed by atoms with van der Waals surface area (Å²) in [6.07, 6.45) is -8.08. The Bertz CT molecular complexity index is 2340. The van der Waals surface area contributed by atoms with Gasteiger partial charge in [-0.3, -0.25) is 0 Å². The summed E-state index contributed by atoms with van der Waals surface area (Å²) in [5.74, 6) is 1.20. The van der Waals surface area contributed by atoms with Crippen LogP contribution in [0.1, 0.15) is 27.8 Å². The average molecular weight is 939 g/mol. The second-order valence-corrected chi connectivity index (χ2v) is 16.8. The van der Waals surface area contributed by atoms with Gasteiger partial charge in [-0.25, -0.2) is 0 Å². The maximum atomic E-state index is 12.1. The van der Waals surface area contributed by atoms with Gasteiger partial charge in [0.1, 0.15) is 60.3 Å². The molecule has 12 heteroatoms. The highest BCUT2D eigenvalue weighted by molar-refractivity contribution is 5.31. The van der Waals surface area contributed by atoms with E-state index in [2.05, 4.69) is 6.58 Å². The fourth-order valence-corrected chi connectivity index (χ4v) is 8.30. The van der Waals surface area contributed by atoms with Crippen LogP contribution in [0.25, 0.3) is 0 Å². The lowest BCUT2D eigenvalue weighted by molar-refractivity contribution is -0.368. The molecular weight excluding hydrogens is 877 g/mol. The Morgan fingerprint density at radius 1 is 0.449 bits per heavy atom. The molecule has 0 aromatic heterocycles. The van der Waals surface area contributed by atoms with E-state index < -0.39 is 61.4 Å². The number of aliphatic hydroxyl groups is 1. The van der Waals surface area contributed by atoms with E-state index in [0.717, 1.165) is 27.8 Å². The van der Waals surface area contributed by atoms with E-state index >= 15 is 0 Å². The van der Waals surface area contributed by atoms with Crippen LogP contribution in [-0.2, 0) is 75.7 Å². The molecule has 2 fully saturated rings. The molecule has 12 nitrogen and oxygen atoms in total. The first-order chi connectivity index (χ1) is 34.0. The number of methoxy groups -OCH3 is 1. The lowest BCUT2D eigenvalue weighted by Crippen LogP contribution is -2.66. The summed E-state index contributed by atoms with van der Waals surface area (Å²) in [4.78, 5) is 0. The third-order valence-electron chi connectivity index (χ3n) is 11.9. The zero-order valence-electron chi connectivity index (χ0n) is 38.9. The molecule has 6 aromatic rings. The van der Waals surface area contributed by atoms with Crippen molar-refractivity contribution in [2.45, 2.75) is 94.4 Å². The zero-order valence-corrected chi connectivity index (χ0v) is 38.9. The first kappa shape index (κ1) is 49.7. The molecule has 0 radical (unpaired) electrons. The molecule has 8 rings (SSSR count). The minimum atomic E-state index is -1.18. The highest BCUT2D eigenvalue weighted by Crippen LogP contribution is 2.36. The Morgan fingerprint density at radius 3 is 1.32 bits per heavy atom. The molecule has 2 aliphatic rings. The smallest absolute Gasteiger partial charge is 0.229 e. The summed E-state index contributed by atoms with van der Waals surface area (Å²) >= 11 is 0. The minimum absolute atomic E-state index is 0.0224. The molecule has 10 atom stereocenters. The first-order valence-electron chi connectivity index (χ1n) is 23.4. The van der Waals surface area contributed by atoms with Gasteiger partial charge in [0.15, 0.2) is 6.29 Å². The molecule has 0 unspecified atom stereocenters. The second kappa shape index (κ2) is 26.3. The van der Waals surface area contributed by atoms with E-state index in [4.69, 9.17) is 52.1 Å². The van der Waals surface area contributed by atoms with Gasteiger partial charge in [0.2, 0.25) is 6.29 Å². The van der Waals surface area contributed by atoms with Gasteiger partial charge in [0, 0.05) is 0 Å². The van der Waals surface area contributed by atoms with Gasteiger partial charge in [-0.1, -0.05) is 158 Å². The number of rotatable bonds is 25. The van der Waals surface area contributed by atoms with E-state index in [1.165, 1.54) is 0 Å². The summed E-state index contributed by atoms with van der Waals surface area (Å²) in [5.41, 5.74) is 4.74. The fraction of sp³-hybridized carbons (Fsp3) is 0.333. The van der Waals surface area contributed by atoms with Crippen LogP contribution in [-0.4, -0.2) is 93.4 Å². The quantitative estimate of drug-likeness (QED) is 0.0552. The fourth-order valence-electron chi connectivity index (χ4n) is 8.30. The number of hydrogen-bond donors (Lipinski definition) is 1. The van der Waals surface area contributed by atoms with Crippen molar-refractivity contribution in [3.05, 3.63) is 216 Å². The standard InChI is InChI=1S/C57H62O12/c1-3-33-62-52-50(58)48(39-60-34-41-19-9-4-10-20-41)67-57(54(52)64-37-44-25-15-7-16-26-44)69-51-49(40-61-35-42-21-11-5-12-22-42)68-56(66-47-31-29-46(59-2)30-32-47)55(65-38-45-27-17-8-18-28-45)53(51)63-36-43-23-13-6-14-24-43/h3-32,48-58H,1,33-40H2,2H3/t48-,49-,50+,51-,52+,53+,54-,55-,56-,57+/m0/s1. The lowest BCUT2D eigenvalue weighted by Gasteiger charge is -2.49. The Labute approximate surface area is 405 Å². The van der Waals surface area contributed by atoms with Gasteiger partial charge in [-0.05, 0) is 52.1 Å². The molecule has 1 N–H and O–H groups in total. The molecule has 2 aliphatic heterocycles. The van der Waals surface area contributed by atoms with E-state index in [9.17, 15) is 5.11 Å². The van der Waals surface area contributed by atoms with E-state index in [1.54, 1.807) is 13.2 Å². The van der Waals surface area contributed by atoms with Crippen LogP contribution in [0.15, 0.2) is 189 Å². The number of hydrogen-bond acceptors (Lipinski definition) is 12. The van der Waals surface area contributed by atoms with Gasteiger partial charge in [-0.15, -0.1) is 6.58 Å². The maximum Gasteiger partial charge on any atom is 0.229 e. The van der Waals surface area contributed by atoms with Gasteiger partial charge >= 0.3 is 0 Å². The van der Waals surface area contributed by atoms with Gasteiger partial charge in [0.25, 0.3) is 0 Å². The van der Waals surface area contributed by atoms with Crippen molar-refractivity contribution in [3.63, 3.8) is 0 Å². The Morgan fingerprint density at radius 2 is 0.855 bits per heavy atom. The highest BCUT2D eigenvalue weighted by atomic mass is 16.8. The van der Waals surface area contributed by atoms with Crippen LogP contribution >= 0.6 is 0 Å². The zero-order chi connectivity index (χ0) is 47.5. The molecular formula is C57H62O12. The molecule has 2 heterocycles. The summed E-state index contributed by atoms with van der Waals surface area (Å²) in [5, 5.41) is 12.1. The molecule has 0 amide bonds. The maximum absolute atomic E-state index is 12.1. The van der Waals surface area contributed by atoms with Crippen LogP contribution < -0.4 is 9.47 Å². The van der Waals surface area contributed by atoms with Crippen molar-refractivity contribution in [2.75, 3.05) is 26.9 Å². The van der Waals surface area contributed by atoms with Crippen molar-refractivity contribution in [1.82, 2.24) is 0 Å². The third kappa shape index (κ3) is 14.4. The van der Waals surface area contributed by atoms with E-state index in [1.807, 2.05) is 176 Å². The van der Waals surface area contributed by atoms with E-state index in [0.29, 0.717) is 24.7 Å². The van der Waals surface area contributed by atoms with Crippen molar-refractivity contribution >= 4 is 0 Å².